The van der Waals surface area contributed by atoms with E-state index in [-0.39, 0.29) is 29.5 Å². The van der Waals surface area contributed by atoms with Gasteiger partial charge in [-0.2, -0.15) is 0 Å². The minimum atomic E-state index is -0.674. The van der Waals surface area contributed by atoms with Crippen molar-refractivity contribution in [2.24, 2.45) is 23.2 Å². The van der Waals surface area contributed by atoms with E-state index in [1.807, 2.05) is 0 Å². The predicted molar refractivity (Wildman–Crippen MR) is 57.4 cm³/mol. The molecule has 0 radical (unpaired) electrons. The molecule has 3 rings (SSSR count). The van der Waals surface area contributed by atoms with Crippen LogP contribution in [-0.2, 0) is 14.3 Å². The molecule has 0 saturated heterocycles. The van der Waals surface area contributed by atoms with Crippen LogP contribution in [0.4, 0.5) is 0 Å². The van der Waals surface area contributed by atoms with E-state index in [4.69, 9.17) is 4.74 Å². The summed E-state index contributed by atoms with van der Waals surface area (Å²) in [5.41, 5.74) is -0.674. The van der Waals surface area contributed by atoms with Crippen LogP contribution < -0.4 is 0 Å². The van der Waals surface area contributed by atoms with Gasteiger partial charge in [0.1, 0.15) is 5.41 Å². The quantitative estimate of drug-likeness (QED) is 0.521. The molecule has 1 saturated carbocycles. The van der Waals surface area contributed by atoms with Gasteiger partial charge in [0, 0.05) is 5.92 Å². The summed E-state index contributed by atoms with van der Waals surface area (Å²) >= 11 is 0. The summed E-state index contributed by atoms with van der Waals surface area (Å²) < 4.78 is 5.16. The van der Waals surface area contributed by atoms with Gasteiger partial charge in [-0.05, 0) is 31.3 Å². The topological polar surface area (TPSA) is 43.4 Å². The van der Waals surface area contributed by atoms with Crippen LogP contribution >= 0.6 is 0 Å². The van der Waals surface area contributed by atoms with E-state index in [2.05, 4.69) is 12.2 Å². The molecule has 16 heavy (non-hydrogen) atoms. The normalized spacial score (nSPS) is 42.8. The largest absolute Gasteiger partial charge is 0.465 e. The SMILES string of the molecule is CCOC(=O)[C@@]12C=CC(=O)[C@@H]1[C@@H]1C=C[C@H]2C1. The van der Waals surface area contributed by atoms with E-state index in [0.717, 1.165) is 6.42 Å². The van der Waals surface area contributed by atoms with Crippen molar-refractivity contribution >= 4 is 11.8 Å². The fourth-order valence-electron chi connectivity index (χ4n) is 3.51. The van der Waals surface area contributed by atoms with Crippen molar-refractivity contribution in [1.29, 1.82) is 0 Å². The highest BCUT2D eigenvalue weighted by molar-refractivity contribution is 6.03. The maximum Gasteiger partial charge on any atom is 0.317 e. The molecule has 3 heteroatoms. The van der Waals surface area contributed by atoms with Gasteiger partial charge in [-0.3, -0.25) is 9.59 Å². The maximum atomic E-state index is 12.1. The monoisotopic (exact) mass is 218 g/mol. The standard InChI is InChI=1S/C13H14O3/c1-2-16-12(15)13-6-5-10(14)11(13)8-3-4-9(13)7-8/h3-6,8-9,11H,2,7H2,1H3/t8-,9+,11+,13-/m1/s1. The zero-order chi connectivity index (χ0) is 11.3. The number of rotatable bonds is 2. The molecule has 0 unspecified atom stereocenters. The second-order valence-electron chi connectivity index (χ2n) is 4.76. The van der Waals surface area contributed by atoms with Gasteiger partial charge < -0.3 is 4.74 Å². The van der Waals surface area contributed by atoms with Crippen molar-refractivity contribution in [2.75, 3.05) is 6.61 Å². The predicted octanol–water partition coefficient (Wildman–Crippen LogP) is 1.50. The molecule has 0 aromatic heterocycles. The van der Waals surface area contributed by atoms with E-state index < -0.39 is 5.41 Å². The number of ketones is 1. The summed E-state index contributed by atoms with van der Waals surface area (Å²) in [6.45, 7) is 2.17. The lowest BCUT2D eigenvalue weighted by atomic mass is 9.70. The Morgan fingerprint density at radius 3 is 3.12 bits per heavy atom. The molecule has 2 bridgehead atoms. The number of ether oxygens (including phenoxy) is 1. The van der Waals surface area contributed by atoms with Crippen LogP contribution in [0.15, 0.2) is 24.3 Å². The first-order valence-corrected chi connectivity index (χ1v) is 5.78. The van der Waals surface area contributed by atoms with Gasteiger partial charge in [0.15, 0.2) is 5.78 Å². The Labute approximate surface area is 94.2 Å². The molecule has 0 aromatic rings. The first-order chi connectivity index (χ1) is 7.70. The van der Waals surface area contributed by atoms with Crippen LogP contribution in [0, 0.1) is 23.2 Å². The number of carbonyl (C=O) groups is 2. The minimum absolute atomic E-state index is 0.0879. The van der Waals surface area contributed by atoms with Crippen LogP contribution in [0.3, 0.4) is 0 Å². The molecule has 84 valence electrons. The highest BCUT2D eigenvalue weighted by Crippen LogP contribution is 2.60. The fraction of sp³-hybridized carbons (Fsp3) is 0.538. The second-order valence-corrected chi connectivity index (χ2v) is 4.76. The summed E-state index contributed by atoms with van der Waals surface area (Å²) in [7, 11) is 0. The molecular weight excluding hydrogens is 204 g/mol. The molecule has 0 amide bonds. The Bertz CT molecular complexity index is 421. The Balaban J connectivity index is 2.04. The van der Waals surface area contributed by atoms with Gasteiger partial charge in [0.2, 0.25) is 0 Å². The average Bonchev–Trinajstić information content (AvgIpc) is 2.90. The van der Waals surface area contributed by atoms with Crippen molar-refractivity contribution in [3.8, 4) is 0 Å². The lowest BCUT2D eigenvalue weighted by Gasteiger charge is -2.32. The van der Waals surface area contributed by atoms with Crippen LogP contribution in [0.5, 0.6) is 0 Å². The molecule has 0 heterocycles. The summed E-state index contributed by atoms with van der Waals surface area (Å²) in [5.74, 6) is 0.0616. The van der Waals surface area contributed by atoms with Gasteiger partial charge in [-0.1, -0.05) is 18.2 Å². The van der Waals surface area contributed by atoms with E-state index in [1.165, 1.54) is 0 Å². The van der Waals surface area contributed by atoms with Crippen molar-refractivity contribution in [1.82, 2.24) is 0 Å². The lowest BCUT2D eigenvalue weighted by Crippen LogP contribution is -2.41. The maximum absolute atomic E-state index is 12.1. The summed E-state index contributed by atoms with van der Waals surface area (Å²) in [5, 5.41) is 0. The highest BCUT2D eigenvalue weighted by Gasteiger charge is 2.64. The molecule has 3 aliphatic carbocycles. The van der Waals surface area contributed by atoms with Gasteiger partial charge in [0.05, 0.1) is 6.61 Å². The molecular formula is C13H14O3. The van der Waals surface area contributed by atoms with Crippen LogP contribution in [0.2, 0.25) is 0 Å². The van der Waals surface area contributed by atoms with E-state index in [0.29, 0.717) is 6.61 Å². The summed E-state index contributed by atoms with van der Waals surface area (Å²) in [4.78, 5) is 24.0. The molecule has 3 aliphatic rings. The first kappa shape index (κ1) is 9.82. The second kappa shape index (κ2) is 3.06. The van der Waals surface area contributed by atoms with Crippen molar-refractivity contribution < 1.29 is 14.3 Å². The lowest BCUT2D eigenvalue weighted by molar-refractivity contribution is -0.157. The van der Waals surface area contributed by atoms with Gasteiger partial charge in [-0.15, -0.1) is 0 Å². The number of carbonyl (C=O) groups excluding carboxylic acids is 2. The van der Waals surface area contributed by atoms with Crippen LogP contribution in [0.1, 0.15) is 13.3 Å². The Morgan fingerprint density at radius 1 is 1.56 bits per heavy atom. The average molecular weight is 218 g/mol. The van der Waals surface area contributed by atoms with Crippen molar-refractivity contribution in [3.63, 3.8) is 0 Å². The van der Waals surface area contributed by atoms with Crippen molar-refractivity contribution in [3.05, 3.63) is 24.3 Å². The van der Waals surface area contributed by atoms with E-state index in [1.54, 1.807) is 19.1 Å². The number of allylic oxidation sites excluding steroid dienone is 3. The molecule has 0 aliphatic heterocycles. The van der Waals surface area contributed by atoms with Gasteiger partial charge in [-0.25, -0.2) is 0 Å². The summed E-state index contributed by atoms with van der Waals surface area (Å²) in [6.07, 6.45) is 8.41. The van der Waals surface area contributed by atoms with E-state index in [9.17, 15) is 9.59 Å². The first-order valence-electron chi connectivity index (χ1n) is 5.78. The molecule has 4 atom stereocenters. The van der Waals surface area contributed by atoms with E-state index >= 15 is 0 Å². The Morgan fingerprint density at radius 2 is 2.38 bits per heavy atom. The Kier molecular flexibility index (Phi) is 1.88. The third kappa shape index (κ3) is 0.938. The number of hydrogen-bond acceptors (Lipinski definition) is 3. The fourth-order valence-corrected chi connectivity index (χ4v) is 3.51. The zero-order valence-electron chi connectivity index (χ0n) is 9.18. The number of esters is 1. The van der Waals surface area contributed by atoms with Crippen LogP contribution in [-0.4, -0.2) is 18.4 Å². The van der Waals surface area contributed by atoms with Gasteiger partial charge in [0.25, 0.3) is 0 Å². The third-order valence-electron chi connectivity index (χ3n) is 4.13. The molecule has 0 N–H and O–H groups in total. The molecule has 0 spiro atoms. The zero-order valence-corrected chi connectivity index (χ0v) is 9.18. The number of fused-ring (bicyclic) bond motifs is 5. The summed E-state index contributed by atoms with van der Waals surface area (Å²) in [6, 6.07) is 0. The minimum Gasteiger partial charge on any atom is -0.465 e. The Hall–Kier alpha value is -1.38. The molecule has 3 nitrogen and oxygen atoms in total. The highest BCUT2D eigenvalue weighted by atomic mass is 16.5. The molecule has 1 fully saturated rings. The third-order valence-corrected chi connectivity index (χ3v) is 4.13. The smallest absolute Gasteiger partial charge is 0.317 e. The van der Waals surface area contributed by atoms with Crippen LogP contribution in [0.25, 0.3) is 0 Å². The van der Waals surface area contributed by atoms with Gasteiger partial charge >= 0.3 is 5.97 Å². The molecule has 0 aromatic carbocycles. The van der Waals surface area contributed by atoms with Crippen molar-refractivity contribution in [2.45, 2.75) is 13.3 Å². The number of hydrogen-bond donors (Lipinski definition) is 0.